The first kappa shape index (κ1) is 20.8. The van der Waals surface area contributed by atoms with Gasteiger partial charge in [0, 0.05) is 4.90 Å². The van der Waals surface area contributed by atoms with E-state index in [-0.39, 0.29) is 18.6 Å². The maximum Gasteiger partial charge on any atom is 0.342 e. The van der Waals surface area contributed by atoms with E-state index in [1.54, 1.807) is 23.9 Å². The molecular weight excluding hydrogens is 362 g/mol. The zero-order chi connectivity index (χ0) is 19.8. The van der Waals surface area contributed by atoms with Crippen LogP contribution >= 0.6 is 11.8 Å². The van der Waals surface area contributed by atoms with Gasteiger partial charge in [-0.25, -0.2) is 4.79 Å². The van der Waals surface area contributed by atoms with E-state index in [1.165, 1.54) is 12.7 Å². The summed E-state index contributed by atoms with van der Waals surface area (Å²) < 4.78 is 10.4. The Kier molecular flexibility index (Phi) is 7.73. The Morgan fingerprint density at radius 3 is 2.44 bits per heavy atom. The maximum absolute atomic E-state index is 12.3. The Labute approximate surface area is 164 Å². The molecule has 27 heavy (non-hydrogen) atoms. The second-order valence-corrected chi connectivity index (χ2v) is 6.91. The van der Waals surface area contributed by atoms with Crippen LogP contribution in [0.5, 0.6) is 5.75 Å². The average Bonchev–Trinajstić information content (AvgIpc) is 2.71. The van der Waals surface area contributed by atoms with Crippen molar-refractivity contribution < 1.29 is 19.1 Å². The Hall–Kier alpha value is -2.47. The second kappa shape index (κ2) is 10.0. The molecule has 0 aliphatic carbocycles. The lowest BCUT2D eigenvalue weighted by atomic mass is 10.1. The second-order valence-electron chi connectivity index (χ2n) is 6.03. The molecule has 2 aromatic carbocycles. The molecule has 5 nitrogen and oxygen atoms in total. The van der Waals surface area contributed by atoms with Gasteiger partial charge in [-0.1, -0.05) is 31.2 Å². The third-order valence-corrected chi connectivity index (χ3v) is 4.95. The molecule has 6 heteroatoms. The summed E-state index contributed by atoms with van der Waals surface area (Å²) >= 11 is 1.55. The molecule has 0 bridgehead atoms. The topological polar surface area (TPSA) is 64.6 Å². The molecule has 0 aromatic heterocycles. The van der Waals surface area contributed by atoms with Gasteiger partial charge < -0.3 is 14.8 Å². The van der Waals surface area contributed by atoms with Crippen molar-refractivity contribution in [3.05, 3.63) is 59.2 Å². The van der Waals surface area contributed by atoms with Gasteiger partial charge in [-0.2, -0.15) is 0 Å². The molecule has 0 fully saturated rings. The van der Waals surface area contributed by atoms with Crippen LogP contribution in [0.3, 0.4) is 0 Å². The largest absolute Gasteiger partial charge is 0.496 e. The molecule has 0 heterocycles. The molecule has 0 unspecified atom stereocenters. The standard InChI is InChI=1S/C21H25NO4S/c1-5-15-6-8-16(9-7-15)14(2)22-20(23)13-26-21(24)18-11-10-17(27-4)12-19(18)25-3/h6-12,14H,5,13H2,1-4H3,(H,22,23)/t14-/m0/s1. The lowest BCUT2D eigenvalue weighted by Gasteiger charge is -2.15. The average molecular weight is 388 g/mol. The van der Waals surface area contributed by atoms with E-state index in [0.717, 1.165) is 16.9 Å². The lowest BCUT2D eigenvalue weighted by Crippen LogP contribution is -2.31. The third-order valence-electron chi connectivity index (χ3n) is 4.23. The zero-order valence-corrected chi connectivity index (χ0v) is 16.9. The summed E-state index contributed by atoms with van der Waals surface area (Å²) in [4.78, 5) is 25.4. The van der Waals surface area contributed by atoms with Crippen LogP contribution in [-0.4, -0.2) is 31.8 Å². The van der Waals surface area contributed by atoms with Crippen molar-refractivity contribution in [2.24, 2.45) is 0 Å². The molecule has 0 spiro atoms. The molecule has 0 aliphatic rings. The summed E-state index contributed by atoms with van der Waals surface area (Å²) in [5.74, 6) is -0.513. The molecule has 1 amide bonds. The van der Waals surface area contributed by atoms with Gasteiger partial charge in [0.15, 0.2) is 6.61 Å². The molecule has 1 atom stereocenters. The quantitative estimate of drug-likeness (QED) is 0.548. The van der Waals surface area contributed by atoms with Gasteiger partial charge >= 0.3 is 5.97 Å². The summed E-state index contributed by atoms with van der Waals surface area (Å²) in [6, 6.07) is 13.1. The van der Waals surface area contributed by atoms with Crippen molar-refractivity contribution in [2.75, 3.05) is 20.0 Å². The number of nitrogens with one attached hydrogen (secondary N) is 1. The first-order valence-electron chi connectivity index (χ1n) is 8.75. The van der Waals surface area contributed by atoms with Crippen molar-refractivity contribution >= 4 is 23.6 Å². The lowest BCUT2D eigenvalue weighted by molar-refractivity contribution is -0.124. The van der Waals surface area contributed by atoms with E-state index < -0.39 is 5.97 Å². The number of esters is 1. The molecule has 0 saturated carbocycles. The van der Waals surface area contributed by atoms with Crippen molar-refractivity contribution in [1.82, 2.24) is 5.32 Å². The minimum absolute atomic E-state index is 0.169. The Morgan fingerprint density at radius 2 is 1.85 bits per heavy atom. The van der Waals surface area contributed by atoms with Crippen molar-refractivity contribution in [2.45, 2.75) is 31.2 Å². The summed E-state index contributed by atoms with van der Waals surface area (Å²) in [7, 11) is 1.49. The summed E-state index contributed by atoms with van der Waals surface area (Å²) in [5.41, 5.74) is 2.54. The third kappa shape index (κ3) is 5.76. The van der Waals surface area contributed by atoms with E-state index in [0.29, 0.717) is 11.3 Å². The van der Waals surface area contributed by atoms with E-state index in [1.807, 2.05) is 43.5 Å². The number of rotatable bonds is 8. The highest BCUT2D eigenvalue weighted by molar-refractivity contribution is 7.98. The molecule has 0 aliphatic heterocycles. The molecule has 0 radical (unpaired) electrons. The smallest absolute Gasteiger partial charge is 0.342 e. The first-order valence-corrected chi connectivity index (χ1v) is 9.98. The Balaban J connectivity index is 1.91. The van der Waals surface area contributed by atoms with Gasteiger partial charge in [0.2, 0.25) is 0 Å². The number of aryl methyl sites for hydroxylation is 1. The molecular formula is C21H25NO4S. The number of hydrogen-bond donors (Lipinski definition) is 1. The highest BCUT2D eigenvalue weighted by Gasteiger charge is 2.17. The van der Waals surface area contributed by atoms with Gasteiger partial charge in [0.05, 0.1) is 13.2 Å². The van der Waals surface area contributed by atoms with E-state index >= 15 is 0 Å². The minimum Gasteiger partial charge on any atom is -0.496 e. The van der Waals surface area contributed by atoms with Crippen LogP contribution in [0.4, 0.5) is 0 Å². The minimum atomic E-state index is -0.588. The van der Waals surface area contributed by atoms with Gasteiger partial charge in [-0.15, -0.1) is 11.8 Å². The van der Waals surface area contributed by atoms with E-state index in [2.05, 4.69) is 12.2 Å². The van der Waals surface area contributed by atoms with Crippen LogP contribution in [0.25, 0.3) is 0 Å². The number of benzene rings is 2. The highest BCUT2D eigenvalue weighted by Crippen LogP contribution is 2.25. The van der Waals surface area contributed by atoms with Crippen LogP contribution in [0.2, 0.25) is 0 Å². The van der Waals surface area contributed by atoms with Crippen LogP contribution in [0.1, 0.15) is 41.4 Å². The van der Waals surface area contributed by atoms with Gasteiger partial charge in [0.25, 0.3) is 5.91 Å². The monoisotopic (exact) mass is 387 g/mol. The fourth-order valence-electron chi connectivity index (χ4n) is 2.58. The van der Waals surface area contributed by atoms with Crippen LogP contribution < -0.4 is 10.1 Å². The number of ether oxygens (including phenoxy) is 2. The van der Waals surface area contributed by atoms with Crippen molar-refractivity contribution in [3.8, 4) is 5.75 Å². The predicted octanol–water partition coefficient (Wildman–Crippen LogP) is 4.01. The molecule has 2 rings (SSSR count). The molecule has 2 aromatic rings. The first-order chi connectivity index (χ1) is 13.0. The Bertz CT molecular complexity index is 789. The van der Waals surface area contributed by atoms with Crippen molar-refractivity contribution in [3.63, 3.8) is 0 Å². The van der Waals surface area contributed by atoms with Crippen LogP contribution in [-0.2, 0) is 16.0 Å². The predicted molar refractivity (Wildman–Crippen MR) is 107 cm³/mol. The van der Waals surface area contributed by atoms with Gasteiger partial charge in [-0.3, -0.25) is 4.79 Å². The van der Waals surface area contributed by atoms with Crippen molar-refractivity contribution in [1.29, 1.82) is 0 Å². The van der Waals surface area contributed by atoms with Crippen LogP contribution in [0.15, 0.2) is 47.4 Å². The fourth-order valence-corrected chi connectivity index (χ4v) is 3.01. The molecule has 0 saturated heterocycles. The number of methoxy groups -OCH3 is 1. The summed E-state index contributed by atoms with van der Waals surface area (Å²) in [6.07, 6.45) is 2.91. The maximum atomic E-state index is 12.3. The van der Waals surface area contributed by atoms with Gasteiger partial charge in [-0.05, 0) is 48.9 Å². The normalized spacial score (nSPS) is 11.6. The molecule has 144 valence electrons. The number of thioether (sulfide) groups is 1. The van der Waals surface area contributed by atoms with Gasteiger partial charge in [0.1, 0.15) is 11.3 Å². The summed E-state index contributed by atoms with van der Waals surface area (Å²) in [5, 5.41) is 2.84. The van der Waals surface area contributed by atoms with Crippen LogP contribution in [0, 0.1) is 0 Å². The SMILES string of the molecule is CCc1ccc([C@H](C)NC(=O)COC(=O)c2ccc(SC)cc2OC)cc1. The summed E-state index contributed by atoms with van der Waals surface area (Å²) in [6.45, 7) is 3.65. The number of carbonyl (C=O) groups is 2. The highest BCUT2D eigenvalue weighted by atomic mass is 32.2. The number of carbonyl (C=O) groups excluding carboxylic acids is 2. The van der Waals surface area contributed by atoms with E-state index in [4.69, 9.17) is 9.47 Å². The molecule has 1 N–H and O–H groups in total. The van der Waals surface area contributed by atoms with E-state index in [9.17, 15) is 9.59 Å². The number of hydrogen-bond acceptors (Lipinski definition) is 5. The fraction of sp³-hybridized carbons (Fsp3) is 0.333. The Morgan fingerprint density at radius 1 is 1.15 bits per heavy atom. The number of amides is 1. The zero-order valence-electron chi connectivity index (χ0n) is 16.1.